The van der Waals surface area contributed by atoms with E-state index in [2.05, 4.69) is 72.2 Å². The summed E-state index contributed by atoms with van der Waals surface area (Å²) in [7, 11) is 7.08. The van der Waals surface area contributed by atoms with Crippen molar-refractivity contribution in [3.63, 3.8) is 0 Å². The maximum Gasteiger partial charge on any atom is 0.326 e. The molecule has 5 amide bonds. The first kappa shape index (κ1) is 52.9. The summed E-state index contributed by atoms with van der Waals surface area (Å²) in [6.45, 7) is 18.1. The highest BCUT2D eigenvalue weighted by Crippen LogP contribution is 2.42. The number of thiazole rings is 1. The quantitative estimate of drug-likeness (QED) is 0.191. The number of nitrogens with one attached hydrogen (secondary N) is 2. The van der Waals surface area contributed by atoms with Crippen LogP contribution in [-0.2, 0) is 43.3 Å². The molecular weight excluding hydrogens is 923 g/mol. The number of aryl methyl sites for hydroxylation is 1. The lowest BCUT2D eigenvalue weighted by atomic mass is 9.84. The predicted octanol–water partition coefficient (Wildman–Crippen LogP) is 5.89. The van der Waals surface area contributed by atoms with Crippen LogP contribution in [0.5, 0.6) is 0 Å². The lowest BCUT2D eigenvalue weighted by molar-refractivity contribution is -0.835. The van der Waals surface area contributed by atoms with Crippen molar-refractivity contribution in [2.75, 3.05) is 67.6 Å². The van der Waals surface area contributed by atoms with Gasteiger partial charge in [0.2, 0.25) is 10.8 Å². The van der Waals surface area contributed by atoms with Gasteiger partial charge >= 0.3 is 12.2 Å². The lowest BCUT2D eigenvalue weighted by Gasteiger charge is -2.39. The van der Waals surface area contributed by atoms with Crippen molar-refractivity contribution < 1.29 is 33.7 Å². The molecule has 6 heterocycles. The summed E-state index contributed by atoms with van der Waals surface area (Å²) in [6, 6.07) is 7.96. The summed E-state index contributed by atoms with van der Waals surface area (Å²) < 4.78 is 8.12. The van der Waals surface area contributed by atoms with Crippen LogP contribution >= 0.6 is 11.3 Å². The van der Waals surface area contributed by atoms with Gasteiger partial charge in [-0.25, -0.2) is 14.6 Å². The first-order valence-electron chi connectivity index (χ1n) is 24.7. The van der Waals surface area contributed by atoms with E-state index in [1.165, 1.54) is 21.2 Å². The summed E-state index contributed by atoms with van der Waals surface area (Å²) in [5.41, 5.74) is 8.65. The Morgan fingerprint density at radius 2 is 1.80 bits per heavy atom. The van der Waals surface area contributed by atoms with Crippen molar-refractivity contribution in [2.45, 2.75) is 118 Å². The Kier molecular flexibility index (Phi) is 16.2. The second-order valence-electron chi connectivity index (χ2n) is 20.8. The minimum absolute atomic E-state index is 0.0578. The number of nitrogens with zero attached hydrogens (tertiary/aromatic N) is 9. The standard InChI is InChI=1S/C52H71N11O7S/c1-13-61-41-19-18-35-28-37(41)38(47(61)36-16-14-22-53-45(36)34(4)69-12)30-51(5,6)32-70-63(68)42-17-15-23-62(56-42)49(66)39(29-43-54-40(35)31-71-43)55-48(65)46(33(2)3)58(11)50(67)60-26-24-59(25-27-60)44(64)20-21-52(7,8)57(9)10/h14,16,18-19,22,28,31,33-34,39,42,46,56H,13,15,17,23-27,29-30,32H2,1-12H3/p+1/t34-,39-,42+,46-/m0/s1. The average Bonchev–Trinajstić information content (AvgIpc) is 3.95. The number of ether oxygens (including phenoxy) is 1. The zero-order valence-electron chi connectivity index (χ0n) is 43.5. The molecule has 71 heavy (non-hydrogen) atoms. The number of hydrogen-bond donors (Lipinski definition) is 2. The zero-order valence-corrected chi connectivity index (χ0v) is 44.3. The predicted molar refractivity (Wildman–Crippen MR) is 273 cm³/mol. The lowest BCUT2D eigenvalue weighted by Crippen LogP contribution is -2.63. The van der Waals surface area contributed by atoms with Gasteiger partial charge in [-0.1, -0.05) is 39.7 Å². The SMILES string of the molecule is CCn1c(-c2cccnc2[C@H](C)OC)c2c3cc(ccc31)-c1csc(n1)C[C@H](NC(=O)[C@H](C(C)C)N(C)C(=O)N1CCN(C(=O)C#CC(C)(C)N(C)C)CC1)C(=O)N1CCC[C@H](N1)[N+](=O)OCC(C)(C)C2. The van der Waals surface area contributed by atoms with Crippen LogP contribution in [0, 0.1) is 28.1 Å². The zero-order chi connectivity index (χ0) is 51.5. The normalized spacial score (nSPS) is 19.7. The summed E-state index contributed by atoms with van der Waals surface area (Å²) in [5, 5.41) is 8.06. The molecule has 3 aliphatic rings. The molecule has 3 aliphatic heterocycles. The highest BCUT2D eigenvalue weighted by Gasteiger charge is 2.41. The van der Waals surface area contributed by atoms with Gasteiger partial charge in [0, 0.05) is 105 Å². The molecule has 6 bridgehead atoms. The van der Waals surface area contributed by atoms with Gasteiger partial charge in [0.25, 0.3) is 11.8 Å². The number of pyridine rings is 1. The highest BCUT2D eigenvalue weighted by molar-refractivity contribution is 7.10. The van der Waals surface area contributed by atoms with Crippen LogP contribution in [0.2, 0.25) is 0 Å². The van der Waals surface area contributed by atoms with E-state index in [-0.39, 0.29) is 50.1 Å². The van der Waals surface area contributed by atoms with Crippen LogP contribution in [-0.4, -0.2) is 159 Å². The minimum Gasteiger partial charge on any atom is -0.375 e. The van der Waals surface area contributed by atoms with Gasteiger partial charge in [-0.15, -0.1) is 11.3 Å². The number of carbonyl (C=O) groups excluding carboxylic acids is 4. The highest BCUT2D eigenvalue weighted by atomic mass is 32.1. The number of methoxy groups -OCH3 is 1. The Morgan fingerprint density at radius 1 is 1.08 bits per heavy atom. The molecule has 382 valence electrons. The van der Waals surface area contributed by atoms with E-state index in [0.717, 1.165) is 44.7 Å². The number of amides is 5. The van der Waals surface area contributed by atoms with Gasteiger partial charge in [-0.2, -0.15) is 5.43 Å². The Bertz CT molecular complexity index is 2690. The number of hydrazine groups is 1. The number of rotatable bonds is 9. The van der Waals surface area contributed by atoms with Crippen molar-refractivity contribution in [2.24, 2.45) is 11.3 Å². The molecule has 0 unspecified atom stereocenters. The number of carbonyl (C=O) groups is 4. The number of urea groups is 1. The fourth-order valence-electron chi connectivity index (χ4n) is 9.51. The van der Waals surface area contributed by atoms with Crippen LogP contribution in [0.1, 0.15) is 90.6 Å². The number of likely N-dealkylation sites (N-methyl/N-ethyl adjacent to an activating group) is 1. The fraction of sp³-hybridized carbons (Fsp3) is 0.577. The molecule has 0 aliphatic carbocycles. The molecule has 7 rings (SSSR count). The Morgan fingerprint density at radius 3 is 2.48 bits per heavy atom. The third-order valence-corrected chi connectivity index (χ3v) is 15.0. The van der Waals surface area contributed by atoms with Crippen molar-refractivity contribution >= 4 is 46.0 Å². The number of piperazine rings is 1. The van der Waals surface area contributed by atoms with Crippen molar-refractivity contribution in [3.05, 3.63) is 63.1 Å². The Hall–Kier alpha value is -5.94. The smallest absolute Gasteiger partial charge is 0.326 e. The Labute approximate surface area is 421 Å². The molecule has 0 spiro atoms. The van der Waals surface area contributed by atoms with Crippen LogP contribution in [0.15, 0.2) is 41.9 Å². The van der Waals surface area contributed by atoms with E-state index in [4.69, 9.17) is 19.5 Å². The molecule has 0 saturated carbocycles. The van der Waals surface area contributed by atoms with Gasteiger partial charge in [0.05, 0.1) is 38.6 Å². The van der Waals surface area contributed by atoms with Crippen molar-refractivity contribution in [1.29, 1.82) is 0 Å². The van der Waals surface area contributed by atoms with E-state index in [1.807, 2.05) is 65.1 Å². The number of benzene rings is 1. The van der Waals surface area contributed by atoms with Crippen LogP contribution in [0.3, 0.4) is 0 Å². The third kappa shape index (κ3) is 11.6. The molecule has 4 atom stereocenters. The van der Waals surface area contributed by atoms with Gasteiger partial charge < -0.3 is 29.3 Å². The summed E-state index contributed by atoms with van der Waals surface area (Å²) in [5.74, 6) is 4.23. The van der Waals surface area contributed by atoms with Crippen molar-refractivity contribution in [1.82, 2.24) is 49.9 Å². The van der Waals surface area contributed by atoms with E-state index in [0.29, 0.717) is 55.4 Å². The van der Waals surface area contributed by atoms with Crippen LogP contribution < -0.4 is 10.7 Å². The molecule has 2 N–H and O–H groups in total. The van der Waals surface area contributed by atoms with Gasteiger partial charge in [-0.05, 0) is 96.3 Å². The molecule has 2 saturated heterocycles. The van der Waals surface area contributed by atoms with Crippen LogP contribution in [0.4, 0.5) is 4.79 Å². The van der Waals surface area contributed by atoms with Gasteiger partial charge in [0.1, 0.15) is 12.1 Å². The topological polar surface area (TPSA) is 178 Å². The number of fused-ring (bicyclic) bond motifs is 6. The molecule has 19 heteroatoms. The summed E-state index contributed by atoms with van der Waals surface area (Å²) >= 11 is 1.40. The molecule has 0 radical (unpaired) electrons. The number of aromatic nitrogens is 3. The van der Waals surface area contributed by atoms with Crippen LogP contribution in [0.25, 0.3) is 33.4 Å². The molecular formula is C52H72N11O7S+. The molecule has 3 aromatic heterocycles. The van der Waals surface area contributed by atoms with Gasteiger partial charge in [-0.3, -0.25) is 29.3 Å². The third-order valence-electron chi connectivity index (χ3n) is 14.1. The second-order valence-corrected chi connectivity index (χ2v) is 21.7. The van der Waals surface area contributed by atoms with E-state index in [9.17, 15) is 24.1 Å². The van der Waals surface area contributed by atoms with E-state index < -0.39 is 41.0 Å². The largest absolute Gasteiger partial charge is 0.375 e. The van der Waals surface area contributed by atoms with Gasteiger partial charge in [0.15, 0.2) is 6.61 Å². The molecule has 4 aromatic rings. The maximum atomic E-state index is 14.7. The first-order valence-corrected chi connectivity index (χ1v) is 25.6. The summed E-state index contributed by atoms with van der Waals surface area (Å²) in [4.78, 5) is 93.4. The average molecular weight is 995 g/mol. The number of hydrogen-bond acceptors (Lipinski definition) is 12. The molecule has 18 nitrogen and oxygen atoms in total. The Balaban J connectivity index is 1.19. The molecule has 2 fully saturated rings. The van der Waals surface area contributed by atoms with E-state index in [1.54, 1.807) is 30.2 Å². The monoisotopic (exact) mass is 995 g/mol. The second kappa shape index (κ2) is 21.8. The van der Waals surface area contributed by atoms with E-state index >= 15 is 0 Å². The fourth-order valence-corrected chi connectivity index (χ4v) is 10.4. The first-order chi connectivity index (χ1) is 33.6. The molecule has 1 aromatic carbocycles. The minimum atomic E-state index is -1.11. The maximum absolute atomic E-state index is 14.7. The van der Waals surface area contributed by atoms with Crippen molar-refractivity contribution in [3.8, 4) is 34.4 Å². The summed E-state index contributed by atoms with van der Waals surface area (Å²) in [6.07, 6.45) is 2.19.